The number of aromatic amines is 1. The Labute approximate surface area is 131 Å². The monoisotopic (exact) mass is 323 g/mol. The number of H-pyrrole nitrogens is 1. The highest BCUT2D eigenvalue weighted by molar-refractivity contribution is 5.94. The molecule has 1 aliphatic rings. The lowest BCUT2D eigenvalue weighted by atomic mass is 10.1. The molecule has 1 aliphatic heterocycles. The third-order valence-electron chi connectivity index (χ3n) is 3.34. The molecule has 5 N–H and O–H groups in total. The molecule has 2 atom stereocenters. The molecule has 0 spiro atoms. The van der Waals surface area contributed by atoms with E-state index in [-0.39, 0.29) is 18.7 Å². The largest absolute Gasteiger partial charge is 0.480 e. The number of carbonyl (C=O) groups is 4. The average Bonchev–Trinajstić information content (AvgIpc) is 3.15. The summed E-state index contributed by atoms with van der Waals surface area (Å²) in [7, 11) is 0. The molecule has 2 heterocycles. The minimum Gasteiger partial charge on any atom is -0.480 e. The summed E-state index contributed by atoms with van der Waals surface area (Å²) in [5.41, 5.74) is 0.608. The Hall–Kier alpha value is -2.91. The Morgan fingerprint density at radius 1 is 1.43 bits per heavy atom. The molecule has 10 heteroatoms. The zero-order valence-electron chi connectivity index (χ0n) is 12.2. The molecule has 10 nitrogen and oxygen atoms in total. The van der Waals surface area contributed by atoms with Gasteiger partial charge in [-0.1, -0.05) is 0 Å². The van der Waals surface area contributed by atoms with Crippen LogP contribution in [0.3, 0.4) is 0 Å². The normalized spacial score (nSPS) is 18.1. The van der Waals surface area contributed by atoms with Crippen molar-refractivity contribution in [3.63, 3.8) is 0 Å². The molecular formula is C13H17N5O5. The van der Waals surface area contributed by atoms with E-state index in [9.17, 15) is 19.2 Å². The molecule has 0 aromatic carbocycles. The number of aromatic nitrogens is 2. The third-order valence-corrected chi connectivity index (χ3v) is 3.34. The van der Waals surface area contributed by atoms with E-state index in [1.807, 2.05) is 0 Å². The van der Waals surface area contributed by atoms with Gasteiger partial charge in [0, 0.05) is 24.7 Å². The van der Waals surface area contributed by atoms with Gasteiger partial charge in [-0.05, 0) is 6.42 Å². The summed E-state index contributed by atoms with van der Waals surface area (Å²) < 4.78 is 0. The van der Waals surface area contributed by atoms with Crippen LogP contribution in [0.5, 0.6) is 0 Å². The first-order chi connectivity index (χ1) is 11.0. The molecule has 1 aromatic rings. The lowest BCUT2D eigenvalue weighted by molar-refractivity contribution is -0.138. The van der Waals surface area contributed by atoms with Crippen molar-refractivity contribution >= 4 is 23.7 Å². The van der Waals surface area contributed by atoms with E-state index in [4.69, 9.17) is 5.11 Å². The van der Waals surface area contributed by atoms with Gasteiger partial charge >= 0.3 is 5.97 Å². The Bertz CT molecular complexity index is 600. The molecule has 23 heavy (non-hydrogen) atoms. The predicted molar refractivity (Wildman–Crippen MR) is 76.0 cm³/mol. The number of carboxylic acids is 1. The predicted octanol–water partition coefficient (Wildman–Crippen LogP) is -2.08. The van der Waals surface area contributed by atoms with Crippen molar-refractivity contribution in [2.75, 3.05) is 6.54 Å². The van der Waals surface area contributed by atoms with Gasteiger partial charge in [0.2, 0.25) is 17.7 Å². The number of carbonyl (C=O) groups excluding carboxylic acids is 3. The minimum atomic E-state index is -1.19. The molecule has 1 saturated heterocycles. The number of imidazole rings is 1. The highest BCUT2D eigenvalue weighted by atomic mass is 16.4. The van der Waals surface area contributed by atoms with Crippen LogP contribution >= 0.6 is 0 Å². The van der Waals surface area contributed by atoms with Crippen molar-refractivity contribution in [2.24, 2.45) is 0 Å². The fourth-order valence-electron chi connectivity index (χ4n) is 2.19. The second kappa shape index (κ2) is 7.38. The van der Waals surface area contributed by atoms with Crippen LogP contribution in [0.2, 0.25) is 0 Å². The van der Waals surface area contributed by atoms with E-state index in [1.165, 1.54) is 12.5 Å². The van der Waals surface area contributed by atoms with Gasteiger partial charge in [0.1, 0.15) is 18.6 Å². The number of hydrogen-bond donors (Lipinski definition) is 5. The lowest BCUT2D eigenvalue weighted by Crippen LogP contribution is -2.53. The van der Waals surface area contributed by atoms with Crippen molar-refractivity contribution in [1.29, 1.82) is 0 Å². The Morgan fingerprint density at radius 3 is 2.78 bits per heavy atom. The molecule has 3 amide bonds. The van der Waals surface area contributed by atoms with Crippen LogP contribution in [0.15, 0.2) is 12.5 Å². The SMILES string of the molecule is O=C(O)CNC(=O)[C@H](Cc1cnc[nH]1)NC(=O)[C@H]1CCC(=O)N1. The Kier molecular flexibility index (Phi) is 5.28. The zero-order valence-corrected chi connectivity index (χ0v) is 12.2. The van der Waals surface area contributed by atoms with Gasteiger partial charge < -0.3 is 26.0 Å². The summed E-state index contributed by atoms with van der Waals surface area (Å²) in [6.45, 7) is -0.547. The molecule has 2 rings (SSSR count). The van der Waals surface area contributed by atoms with Crippen LogP contribution in [0.4, 0.5) is 0 Å². The summed E-state index contributed by atoms with van der Waals surface area (Å²) in [4.78, 5) is 52.5. The number of aliphatic carboxylic acids is 1. The summed E-state index contributed by atoms with van der Waals surface area (Å²) in [6.07, 6.45) is 3.67. The van der Waals surface area contributed by atoms with Crippen LogP contribution in [0, 0.1) is 0 Å². The molecule has 0 radical (unpaired) electrons. The summed E-state index contributed by atoms with van der Waals surface area (Å²) >= 11 is 0. The van der Waals surface area contributed by atoms with Crippen LogP contribution in [0.1, 0.15) is 18.5 Å². The molecule has 124 valence electrons. The van der Waals surface area contributed by atoms with Crippen molar-refractivity contribution < 1.29 is 24.3 Å². The van der Waals surface area contributed by atoms with Crippen LogP contribution in [-0.4, -0.2) is 57.4 Å². The number of nitrogens with zero attached hydrogens (tertiary/aromatic N) is 1. The van der Waals surface area contributed by atoms with Crippen LogP contribution in [-0.2, 0) is 25.6 Å². The first-order valence-corrected chi connectivity index (χ1v) is 7.02. The van der Waals surface area contributed by atoms with Gasteiger partial charge in [0.25, 0.3) is 0 Å². The van der Waals surface area contributed by atoms with Gasteiger partial charge in [0.05, 0.1) is 6.33 Å². The van der Waals surface area contributed by atoms with Gasteiger partial charge in [0.15, 0.2) is 0 Å². The molecule has 0 saturated carbocycles. The molecule has 0 unspecified atom stereocenters. The fraction of sp³-hybridized carbons (Fsp3) is 0.462. The first-order valence-electron chi connectivity index (χ1n) is 7.02. The van der Waals surface area contributed by atoms with Gasteiger partial charge in [-0.25, -0.2) is 4.98 Å². The Balaban J connectivity index is 2.00. The van der Waals surface area contributed by atoms with Crippen molar-refractivity contribution in [3.8, 4) is 0 Å². The Morgan fingerprint density at radius 2 is 2.22 bits per heavy atom. The second-order valence-corrected chi connectivity index (χ2v) is 5.11. The van der Waals surface area contributed by atoms with Crippen molar-refractivity contribution in [3.05, 3.63) is 18.2 Å². The third kappa shape index (κ3) is 4.80. The maximum absolute atomic E-state index is 12.1. The summed E-state index contributed by atoms with van der Waals surface area (Å²) in [6, 6.07) is -1.65. The molecule has 1 fully saturated rings. The minimum absolute atomic E-state index is 0.123. The topological polar surface area (TPSA) is 153 Å². The van der Waals surface area contributed by atoms with E-state index in [0.29, 0.717) is 12.1 Å². The lowest BCUT2D eigenvalue weighted by Gasteiger charge is -2.19. The van der Waals surface area contributed by atoms with Gasteiger partial charge in [-0.2, -0.15) is 0 Å². The van der Waals surface area contributed by atoms with Gasteiger partial charge in [-0.3, -0.25) is 19.2 Å². The maximum Gasteiger partial charge on any atom is 0.322 e. The summed E-state index contributed by atoms with van der Waals surface area (Å²) in [5.74, 6) is -2.51. The summed E-state index contributed by atoms with van der Waals surface area (Å²) in [5, 5.41) is 15.9. The molecular weight excluding hydrogens is 306 g/mol. The first kappa shape index (κ1) is 16.5. The van der Waals surface area contributed by atoms with Crippen molar-refractivity contribution in [2.45, 2.75) is 31.3 Å². The van der Waals surface area contributed by atoms with E-state index < -0.39 is 36.4 Å². The fourth-order valence-corrected chi connectivity index (χ4v) is 2.19. The number of rotatable bonds is 7. The number of nitrogens with one attached hydrogen (secondary N) is 4. The smallest absolute Gasteiger partial charge is 0.322 e. The maximum atomic E-state index is 12.1. The molecule has 0 aliphatic carbocycles. The highest BCUT2D eigenvalue weighted by Gasteiger charge is 2.30. The molecule has 0 bridgehead atoms. The van der Waals surface area contributed by atoms with E-state index in [0.717, 1.165) is 0 Å². The van der Waals surface area contributed by atoms with E-state index >= 15 is 0 Å². The number of amides is 3. The quantitative estimate of drug-likeness (QED) is 0.388. The van der Waals surface area contributed by atoms with Crippen molar-refractivity contribution in [1.82, 2.24) is 25.9 Å². The standard InChI is InChI=1S/C13H17N5O5/c19-10-2-1-8(17-10)13(23)18-9(3-7-4-14-6-16-7)12(22)15-5-11(20)21/h4,6,8-9H,1-3,5H2,(H,14,16)(H,15,22)(H,17,19)(H,18,23)(H,20,21)/t8-,9+/m1/s1. The second-order valence-electron chi connectivity index (χ2n) is 5.11. The van der Waals surface area contributed by atoms with Crippen LogP contribution in [0.25, 0.3) is 0 Å². The zero-order chi connectivity index (χ0) is 16.8. The molecule has 1 aromatic heterocycles. The van der Waals surface area contributed by atoms with E-state index in [2.05, 4.69) is 25.9 Å². The average molecular weight is 323 g/mol. The number of carboxylic acid groups (broad SMARTS) is 1. The van der Waals surface area contributed by atoms with E-state index in [1.54, 1.807) is 0 Å². The van der Waals surface area contributed by atoms with Gasteiger partial charge in [-0.15, -0.1) is 0 Å². The number of hydrogen-bond acceptors (Lipinski definition) is 5. The van der Waals surface area contributed by atoms with Crippen LogP contribution < -0.4 is 16.0 Å². The highest BCUT2D eigenvalue weighted by Crippen LogP contribution is 2.07.